The van der Waals surface area contributed by atoms with Crippen molar-refractivity contribution in [3.05, 3.63) is 23.4 Å². The van der Waals surface area contributed by atoms with E-state index >= 15 is 0 Å². The van der Waals surface area contributed by atoms with Gasteiger partial charge >= 0.3 is 5.97 Å². The molecule has 98 valence electrons. The summed E-state index contributed by atoms with van der Waals surface area (Å²) in [4.78, 5) is 15.5. The highest BCUT2D eigenvalue weighted by atomic mass is 16.4. The number of aromatic carboxylic acids is 1. The van der Waals surface area contributed by atoms with Crippen LogP contribution in [-0.4, -0.2) is 22.1 Å². The number of nitrogens with one attached hydrogen (secondary N) is 1. The first kappa shape index (κ1) is 12.9. The molecule has 1 heterocycles. The summed E-state index contributed by atoms with van der Waals surface area (Å²) in [6, 6.07) is 3.62. The molecular formula is C14H20N2O2. The summed E-state index contributed by atoms with van der Waals surface area (Å²) < 4.78 is 0. The molecule has 2 rings (SSSR count). The van der Waals surface area contributed by atoms with Gasteiger partial charge in [-0.2, -0.15) is 0 Å². The van der Waals surface area contributed by atoms with Crippen molar-refractivity contribution in [1.82, 2.24) is 4.98 Å². The molecule has 1 aliphatic rings. The smallest absolute Gasteiger partial charge is 0.335 e. The number of aromatic nitrogens is 1. The maximum atomic E-state index is 11.1. The molecule has 0 saturated heterocycles. The van der Waals surface area contributed by atoms with E-state index < -0.39 is 5.97 Å². The Labute approximate surface area is 107 Å². The second-order valence-corrected chi connectivity index (χ2v) is 5.02. The normalized spacial score (nSPS) is 17.0. The van der Waals surface area contributed by atoms with Gasteiger partial charge in [-0.15, -0.1) is 0 Å². The van der Waals surface area contributed by atoms with Crippen LogP contribution in [-0.2, 0) is 6.42 Å². The van der Waals surface area contributed by atoms with Crippen LogP contribution in [0.3, 0.4) is 0 Å². The average Bonchev–Trinajstić information content (AvgIpc) is 2.25. The zero-order chi connectivity index (χ0) is 13.1. The van der Waals surface area contributed by atoms with E-state index in [1.54, 1.807) is 12.1 Å². The van der Waals surface area contributed by atoms with Crippen molar-refractivity contribution in [3.63, 3.8) is 0 Å². The number of carboxylic acids is 1. The van der Waals surface area contributed by atoms with E-state index in [2.05, 4.69) is 17.2 Å². The summed E-state index contributed by atoms with van der Waals surface area (Å²) >= 11 is 0. The van der Waals surface area contributed by atoms with Gasteiger partial charge in [-0.25, -0.2) is 9.78 Å². The van der Waals surface area contributed by atoms with Gasteiger partial charge in [-0.3, -0.25) is 0 Å². The Morgan fingerprint density at radius 3 is 2.78 bits per heavy atom. The van der Waals surface area contributed by atoms with Crippen LogP contribution in [0.5, 0.6) is 0 Å². The monoisotopic (exact) mass is 248 g/mol. The Morgan fingerprint density at radius 1 is 1.56 bits per heavy atom. The third kappa shape index (κ3) is 2.81. The second kappa shape index (κ2) is 5.38. The number of carbonyl (C=O) groups is 1. The molecule has 1 unspecified atom stereocenters. The Bertz CT molecular complexity index is 441. The lowest BCUT2D eigenvalue weighted by Gasteiger charge is -2.32. The van der Waals surface area contributed by atoms with E-state index in [0.717, 1.165) is 12.1 Å². The first-order valence-corrected chi connectivity index (χ1v) is 6.61. The van der Waals surface area contributed by atoms with E-state index in [0.29, 0.717) is 23.3 Å². The predicted octanol–water partition coefficient (Wildman–Crippen LogP) is 2.94. The summed E-state index contributed by atoms with van der Waals surface area (Å²) in [5.41, 5.74) is 1.13. The number of nitrogens with zero attached hydrogens (tertiary/aromatic N) is 1. The largest absolute Gasteiger partial charge is 0.478 e. The van der Waals surface area contributed by atoms with Crippen LogP contribution in [0.4, 0.5) is 5.82 Å². The van der Waals surface area contributed by atoms with Gasteiger partial charge in [0, 0.05) is 11.7 Å². The maximum Gasteiger partial charge on any atom is 0.335 e. The third-order valence-corrected chi connectivity index (χ3v) is 3.72. The zero-order valence-corrected chi connectivity index (χ0v) is 10.9. The Morgan fingerprint density at radius 2 is 2.28 bits per heavy atom. The molecule has 1 fully saturated rings. The van der Waals surface area contributed by atoms with Gasteiger partial charge in [0.05, 0.1) is 5.56 Å². The van der Waals surface area contributed by atoms with E-state index in [4.69, 9.17) is 5.11 Å². The van der Waals surface area contributed by atoms with Crippen molar-refractivity contribution in [1.29, 1.82) is 0 Å². The highest BCUT2D eigenvalue weighted by molar-refractivity contribution is 5.88. The highest BCUT2D eigenvalue weighted by Crippen LogP contribution is 2.30. The Hall–Kier alpha value is -1.58. The molecule has 0 radical (unpaired) electrons. The zero-order valence-electron chi connectivity index (χ0n) is 10.9. The van der Waals surface area contributed by atoms with Crippen molar-refractivity contribution < 1.29 is 9.90 Å². The van der Waals surface area contributed by atoms with Crippen molar-refractivity contribution in [3.8, 4) is 0 Å². The fourth-order valence-electron chi connectivity index (χ4n) is 2.26. The van der Waals surface area contributed by atoms with E-state index in [1.165, 1.54) is 19.3 Å². The Kier molecular flexibility index (Phi) is 3.84. The maximum absolute atomic E-state index is 11.1. The van der Waals surface area contributed by atoms with Gasteiger partial charge in [-0.05, 0) is 44.2 Å². The van der Waals surface area contributed by atoms with Crippen LogP contribution in [0.2, 0.25) is 0 Å². The van der Waals surface area contributed by atoms with Crippen LogP contribution >= 0.6 is 0 Å². The lowest BCUT2D eigenvalue weighted by atomic mass is 9.80. The average molecular weight is 248 g/mol. The first-order chi connectivity index (χ1) is 8.60. The van der Waals surface area contributed by atoms with Gasteiger partial charge in [0.2, 0.25) is 0 Å². The molecule has 1 aromatic rings. The molecule has 0 bridgehead atoms. The van der Waals surface area contributed by atoms with Gasteiger partial charge in [-0.1, -0.05) is 13.3 Å². The molecule has 1 saturated carbocycles. The highest BCUT2D eigenvalue weighted by Gasteiger charge is 2.24. The van der Waals surface area contributed by atoms with Crippen molar-refractivity contribution >= 4 is 11.8 Å². The minimum absolute atomic E-state index is 0.310. The van der Waals surface area contributed by atoms with Gasteiger partial charge in [0.25, 0.3) is 0 Å². The molecule has 0 aromatic carbocycles. The minimum atomic E-state index is -0.897. The molecule has 18 heavy (non-hydrogen) atoms. The number of aryl methyl sites for hydroxylation is 1. The van der Waals surface area contributed by atoms with Crippen LogP contribution in [0, 0.1) is 5.92 Å². The number of pyridine rings is 1. The topological polar surface area (TPSA) is 62.2 Å². The van der Waals surface area contributed by atoms with Crippen LogP contribution in [0.15, 0.2) is 12.1 Å². The van der Waals surface area contributed by atoms with E-state index in [1.807, 2.05) is 6.92 Å². The van der Waals surface area contributed by atoms with Gasteiger partial charge in [0.1, 0.15) is 5.82 Å². The van der Waals surface area contributed by atoms with E-state index in [9.17, 15) is 4.79 Å². The van der Waals surface area contributed by atoms with Gasteiger partial charge < -0.3 is 10.4 Å². The van der Waals surface area contributed by atoms with Crippen LogP contribution in [0.1, 0.15) is 49.2 Å². The molecule has 4 nitrogen and oxygen atoms in total. The predicted molar refractivity (Wildman–Crippen MR) is 71.0 cm³/mol. The summed E-state index contributed by atoms with van der Waals surface area (Å²) in [5, 5.41) is 12.4. The molecule has 2 N–H and O–H groups in total. The van der Waals surface area contributed by atoms with Crippen molar-refractivity contribution in [2.45, 2.75) is 45.6 Å². The summed E-state index contributed by atoms with van der Waals surface area (Å²) in [5.74, 6) is 0.489. The quantitative estimate of drug-likeness (QED) is 0.841. The molecule has 1 atom stereocenters. The first-order valence-electron chi connectivity index (χ1n) is 6.61. The lowest BCUT2D eigenvalue weighted by molar-refractivity contribution is 0.0696. The second-order valence-electron chi connectivity index (χ2n) is 5.02. The number of hydrogen-bond donors (Lipinski definition) is 2. The number of anilines is 1. The summed E-state index contributed by atoms with van der Waals surface area (Å²) in [6.07, 6.45) is 4.56. The molecule has 0 spiro atoms. The summed E-state index contributed by atoms with van der Waals surface area (Å²) in [6.45, 7) is 4.12. The molecule has 1 aliphatic carbocycles. The van der Waals surface area contributed by atoms with Gasteiger partial charge in [0.15, 0.2) is 0 Å². The van der Waals surface area contributed by atoms with Crippen LogP contribution < -0.4 is 5.32 Å². The van der Waals surface area contributed by atoms with Crippen molar-refractivity contribution in [2.75, 3.05) is 5.32 Å². The number of carboxylic acid groups (broad SMARTS) is 1. The minimum Gasteiger partial charge on any atom is -0.478 e. The molecular weight excluding hydrogens is 228 g/mol. The fraction of sp³-hybridized carbons (Fsp3) is 0.571. The van der Waals surface area contributed by atoms with E-state index in [-0.39, 0.29) is 0 Å². The van der Waals surface area contributed by atoms with Crippen molar-refractivity contribution in [2.24, 2.45) is 5.92 Å². The summed E-state index contributed by atoms with van der Waals surface area (Å²) in [7, 11) is 0. The number of hydrogen-bond acceptors (Lipinski definition) is 3. The number of rotatable bonds is 5. The molecule has 0 aliphatic heterocycles. The SMILES string of the molecule is CCc1cc(C(=O)O)cc(NC(C)C2CCC2)n1. The fourth-order valence-corrected chi connectivity index (χ4v) is 2.26. The third-order valence-electron chi connectivity index (χ3n) is 3.72. The van der Waals surface area contributed by atoms with Crippen LogP contribution in [0.25, 0.3) is 0 Å². The molecule has 1 aromatic heterocycles. The molecule has 4 heteroatoms. The Balaban J connectivity index is 2.15. The lowest BCUT2D eigenvalue weighted by Crippen LogP contribution is -2.31. The molecule has 0 amide bonds. The standard InChI is InChI=1S/C14H20N2O2/c1-3-12-7-11(14(17)18)8-13(16-12)15-9(2)10-5-4-6-10/h7-10H,3-6H2,1-2H3,(H,15,16)(H,17,18).